The second-order valence-electron chi connectivity index (χ2n) is 3.02. The van der Waals surface area contributed by atoms with Crippen LogP contribution in [0, 0.1) is 0 Å². The number of ether oxygens (including phenoxy) is 2. The van der Waals surface area contributed by atoms with Gasteiger partial charge in [-0.3, -0.25) is 4.79 Å². The van der Waals surface area contributed by atoms with E-state index in [0.29, 0.717) is 17.9 Å². The quantitative estimate of drug-likeness (QED) is 0.688. The number of hydrogen-bond acceptors (Lipinski definition) is 3. The van der Waals surface area contributed by atoms with E-state index < -0.39 is 0 Å². The Bertz CT molecular complexity index is 331. The van der Waals surface area contributed by atoms with Gasteiger partial charge in [-0.05, 0) is 24.6 Å². The Balaban J connectivity index is 3.07. The Morgan fingerprint density at radius 1 is 1.36 bits per heavy atom. The van der Waals surface area contributed by atoms with Gasteiger partial charge >= 0.3 is 0 Å². The highest BCUT2D eigenvalue weighted by molar-refractivity contribution is 5.97. The molecule has 0 spiro atoms. The molecule has 1 aromatic rings. The van der Waals surface area contributed by atoms with E-state index in [4.69, 9.17) is 9.47 Å². The first-order chi connectivity index (χ1) is 6.69. The van der Waals surface area contributed by atoms with Gasteiger partial charge in [0.05, 0.1) is 19.3 Å². The van der Waals surface area contributed by atoms with Gasteiger partial charge in [-0.2, -0.15) is 0 Å². The van der Waals surface area contributed by atoms with Crippen molar-refractivity contribution in [2.24, 2.45) is 0 Å². The molecule has 0 aliphatic rings. The standard InChI is InChI=1S/C11H14O3/c1-8(12)10-6-9(7-13-2)4-5-11(10)14-3/h4-6H,7H2,1-3H3. The van der Waals surface area contributed by atoms with Crippen molar-refractivity contribution < 1.29 is 14.3 Å². The highest BCUT2D eigenvalue weighted by Gasteiger charge is 2.08. The van der Waals surface area contributed by atoms with E-state index in [9.17, 15) is 4.79 Å². The van der Waals surface area contributed by atoms with E-state index >= 15 is 0 Å². The van der Waals surface area contributed by atoms with Crippen LogP contribution in [-0.2, 0) is 11.3 Å². The van der Waals surface area contributed by atoms with Gasteiger partial charge in [-0.15, -0.1) is 0 Å². The lowest BCUT2D eigenvalue weighted by molar-refractivity contribution is 0.101. The summed E-state index contributed by atoms with van der Waals surface area (Å²) in [4.78, 5) is 11.3. The summed E-state index contributed by atoms with van der Waals surface area (Å²) >= 11 is 0. The maximum Gasteiger partial charge on any atom is 0.163 e. The van der Waals surface area contributed by atoms with Crippen LogP contribution in [0.4, 0.5) is 0 Å². The lowest BCUT2D eigenvalue weighted by Gasteiger charge is -2.07. The van der Waals surface area contributed by atoms with Crippen LogP contribution in [0.5, 0.6) is 5.75 Å². The molecule has 0 aliphatic heterocycles. The summed E-state index contributed by atoms with van der Waals surface area (Å²) in [5, 5.41) is 0. The van der Waals surface area contributed by atoms with Crippen LogP contribution in [0.1, 0.15) is 22.8 Å². The molecule has 0 fully saturated rings. The number of rotatable bonds is 4. The minimum absolute atomic E-state index is 0.000182. The number of methoxy groups -OCH3 is 2. The van der Waals surface area contributed by atoms with Crippen molar-refractivity contribution >= 4 is 5.78 Å². The largest absolute Gasteiger partial charge is 0.496 e. The van der Waals surface area contributed by atoms with E-state index in [-0.39, 0.29) is 5.78 Å². The minimum atomic E-state index is -0.000182. The predicted molar refractivity (Wildman–Crippen MR) is 53.7 cm³/mol. The number of hydrogen-bond donors (Lipinski definition) is 0. The van der Waals surface area contributed by atoms with Crippen molar-refractivity contribution in [3.63, 3.8) is 0 Å². The fourth-order valence-electron chi connectivity index (χ4n) is 1.29. The third-order valence-electron chi connectivity index (χ3n) is 1.95. The molecule has 0 amide bonds. The van der Waals surface area contributed by atoms with Crippen LogP contribution in [-0.4, -0.2) is 20.0 Å². The summed E-state index contributed by atoms with van der Waals surface area (Å²) in [6, 6.07) is 5.46. The van der Waals surface area contributed by atoms with Crippen LogP contribution >= 0.6 is 0 Å². The van der Waals surface area contributed by atoms with E-state index in [1.165, 1.54) is 6.92 Å². The SMILES string of the molecule is COCc1ccc(OC)c(C(C)=O)c1. The molecule has 3 nitrogen and oxygen atoms in total. The highest BCUT2D eigenvalue weighted by Crippen LogP contribution is 2.20. The van der Waals surface area contributed by atoms with Crippen LogP contribution in [0.2, 0.25) is 0 Å². The van der Waals surface area contributed by atoms with Gasteiger partial charge in [0.1, 0.15) is 5.75 Å². The Hall–Kier alpha value is -1.35. The molecular weight excluding hydrogens is 180 g/mol. The molecule has 3 heteroatoms. The van der Waals surface area contributed by atoms with Crippen LogP contribution < -0.4 is 4.74 Å². The Morgan fingerprint density at radius 2 is 2.07 bits per heavy atom. The molecule has 0 aromatic heterocycles. The fourth-order valence-corrected chi connectivity index (χ4v) is 1.29. The van der Waals surface area contributed by atoms with Crippen molar-refractivity contribution in [3.8, 4) is 5.75 Å². The third-order valence-corrected chi connectivity index (χ3v) is 1.95. The second-order valence-corrected chi connectivity index (χ2v) is 3.02. The zero-order chi connectivity index (χ0) is 10.6. The summed E-state index contributed by atoms with van der Waals surface area (Å²) in [7, 11) is 3.18. The van der Waals surface area contributed by atoms with Crippen molar-refractivity contribution in [2.45, 2.75) is 13.5 Å². The summed E-state index contributed by atoms with van der Waals surface area (Å²) in [5.74, 6) is 0.608. The zero-order valence-electron chi connectivity index (χ0n) is 8.66. The van der Waals surface area contributed by atoms with Crippen LogP contribution in [0.3, 0.4) is 0 Å². The van der Waals surface area contributed by atoms with Gasteiger partial charge in [-0.25, -0.2) is 0 Å². The van der Waals surface area contributed by atoms with Crippen molar-refractivity contribution in [1.29, 1.82) is 0 Å². The maximum absolute atomic E-state index is 11.3. The molecule has 14 heavy (non-hydrogen) atoms. The van der Waals surface area contributed by atoms with Gasteiger partial charge in [0.2, 0.25) is 0 Å². The molecule has 0 N–H and O–H groups in total. The van der Waals surface area contributed by atoms with Gasteiger partial charge in [-0.1, -0.05) is 6.07 Å². The molecule has 0 radical (unpaired) electrons. The Morgan fingerprint density at radius 3 is 2.57 bits per heavy atom. The third kappa shape index (κ3) is 2.33. The van der Waals surface area contributed by atoms with E-state index in [1.54, 1.807) is 26.4 Å². The zero-order valence-corrected chi connectivity index (χ0v) is 8.66. The molecule has 1 rings (SSSR count). The molecule has 0 heterocycles. The van der Waals surface area contributed by atoms with Crippen molar-refractivity contribution in [3.05, 3.63) is 29.3 Å². The van der Waals surface area contributed by atoms with Crippen molar-refractivity contribution in [1.82, 2.24) is 0 Å². The van der Waals surface area contributed by atoms with Crippen LogP contribution in [0.15, 0.2) is 18.2 Å². The predicted octanol–water partition coefficient (Wildman–Crippen LogP) is 2.04. The molecule has 0 bridgehead atoms. The first kappa shape index (κ1) is 10.7. The molecular formula is C11H14O3. The van der Waals surface area contributed by atoms with E-state index in [0.717, 1.165) is 5.56 Å². The number of benzene rings is 1. The topological polar surface area (TPSA) is 35.5 Å². The van der Waals surface area contributed by atoms with Gasteiger partial charge in [0.25, 0.3) is 0 Å². The minimum Gasteiger partial charge on any atom is -0.496 e. The second kappa shape index (κ2) is 4.77. The summed E-state index contributed by atoms with van der Waals surface area (Å²) in [6.07, 6.45) is 0. The summed E-state index contributed by atoms with van der Waals surface area (Å²) in [5.41, 5.74) is 1.57. The lowest BCUT2D eigenvalue weighted by Crippen LogP contribution is -1.99. The average molecular weight is 194 g/mol. The molecule has 0 aliphatic carbocycles. The number of ketones is 1. The Kier molecular flexibility index (Phi) is 3.65. The van der Waals surface area contributed by atoms with Gasteiger partial charge < -0.3 is 9.47 Å². The molecule has 0 saturated carbocycles. The van der Waals surface area contributed by atoms with E-state index in [2.05, 4.69) is 0 Å². The maximum atomic E-state index is 11.3. The monoisotopic (exact) mass is 194 g/mol. The van der Waals surface area contributed by atoms with Crippen LogP contribution in [0.25, 0.3) is 0 Å². The number of carbonyl (C=O) groups is 1. The average Bonchev–Trinajstić information content (AvgIpc) is 2.18. The normalized spacial score (nSPS) is 9.93. The molecule has 0 saturated heterocycles. The molecule has 0 atom stereocenters. The summed E-state index contributed by atoms with van der Waals surface area (Å²) < 4.78 is 10.1. The lowest BCUT2D eigenvalue weighted by atomic mass is 10.1. The highest BCUT2D eigenvalue weighted by atomic mass is 16.5. The number of carbonyl (C=O) groups excluding carboxylic acids is 1. The summed E-state index contributed by atoms with van der Waals surface area (Å²) in [6.45, 7) is 2.03. The number of Topliss-reactive ketones (excluding diaryl/α,β-unsaturated/α-hetero) is 1. The fraction of sp³-hybridized carbons (Fsp3) is 0.364. The van der Waals surface area contributed by atoms with Crippen molar-refractivity contribution in [2.75, 3.05) is 14.2 Å². The smallest absolute Gasteiger partial charge is 0.163 e. The Labute approximate surface area is 83.6 Å². The van der Waals surface area contributed by atoms with Gasteiger partial charge in [0, 0.05) is 7.11 Å². The first-order valence-electron chi connectivity index (χ1n) is 4.36. The molecule has 76 valence electrons. The van der Waals surface area contributed by atoms with E-state index in [1.807, 2.05) is 6.07 Å². The van der Waals surface area contributed by atoms with Gasteiger partial charge in [0.15, 0.2) is 5.78 Å². The molecule has 1 aromatic carbocycles. The molecule has 0 unspecified atom stereocenters. The first-order valence-corrected chi connectivity index (χ1v) is 4.36.